The van der Waals surface area contributed by atoms with E-state index in [1.54, 1.807) is 36.9 Å². The van der Waals surface area contributed by atoms with Gasteiger partial charge in [-0.2, -0.15) is 0 Å². The smallest absolute Gasteiger partial charge is 0.307 e. The summed E-state index contributed by atoms with van der Waals surface area (Å²) in [6.45, 7) is 1.74. The molecule has 2 atom stereocenters. The molecule has 136 valence electrons. The lowest BCUT2D eigenvalue weighted by molar-refractivity contribution is -0.146. The van der Waals surface area contributed by atoms with Crippen LogP contribution in [0.4, 0.5) is 5.69 Å². The highest BCUT2D eigenvalue weighted by Crippen LogP contribution is 2.27. The van der Waals surface area contributed by atoms with Crippen LogP contribution in [0, 0.1) is 18.8 Å². The molecule has 3 rings (SSSR count). The zero-order chi connectivity index (χ0) is 18.8. The topological polar surface area (TPSA) is 93.3 Å². The predicted molar refractivity (Wildman–Crippen MR) is 97.4 cm³/mol. The lowest BCUT2D eigenvalue weighted by Crippen LogP contribution is -2.35. The number of allylic oxidation sites excluding steroid dienone is 2. The van der Waals surface area contributed by atoms with Gasteiger partial charge in [0.2, 0.25) is 5.91 Å². The summed E-state index contributed by atoms with van der Waals surface area (Å²) in [5, 5.41) is 12.0. The number of benzene rings is 1. The molecule has 0 radical (unpaired) electrons. The lowest BCUT2D eigenvalue weighted by atomic mass is 9.82. The summed E-state index contributed by atoms with van der Waals surface area (Å²) >= 11 is 0. The first-order valence-corrected chi connectivity index (χ1v) is 8.44. The van der Waals surface area contributed by atoms with Crippen LogP contribution in [-0.2, 0) is 16.6 Å². The van der Waals surface area contributed by atoms with Crippen molar-refractivity contribution in [3.8, 4) is 5.69 Å². The molecule has 0 bridgehead atoms. The minimum absolute atomic E-state index is 0.181. The Kier molecular flexibility index (Phi) is 4.79. The number of carboxylic acid groups (broad SMARTS) is 1. The monoisotopic (exact) mass is 355 g/mol. The van der Waals surface area contributed by atoms with Gasteiger partial charge in [0.05, 0.1) is 23.2 Å². The van der Waals surface area contributed by atoms with Gasteiger partial charge in [-0.1, -0.05) is 30.4 Å². The third-order valence-electron chi connectivity index (χ3n) is 4.89. The number of nitrogens with one attached hydrogen (secondary N) is 1. The van der Waals surface area contributed by atoms with Crippen molar-refractivity contribution in [2.45, 2.75) is 19.8 Å². The molecule has 7 nitrogen and oxygen atoms in total. The number of aromatic nitrogens is 2. The molecule has 2 N–H and O–H groups in total. The van der Waals surface area contributed by atoms with Crippen molar-refractivity contribution in [3.05, 3.63) is 58.5 Å². The number of hydrogen-bond donors (Lipinski definition) is 2. The van der Waals surface area contributed by atoms with Crippen molar-refractivity contribution in [2.24, 2.45) is 18.9 Å². The zero-order valence-corrected chi connectivity index (χ0v) is 14.7. The van der Waals surface area contributed by atoms with Crippen LogP contribution in [0.2, 0.25) is 0 Å². The number of amides is 1. The summed E-state index contributed by atoms with van der Waals surface area (Å²) in [5.41, 5.74) is 1.13. The number of nitrogens with zero attached hydrogens (tertiary/aromatic N) is 2. The first-order valence-electron chi connectivity index (χ1n) is 8.44. The predicted octanol–water partition coefficient (Wildman–Crippen LogP) is 2.09. The van der Waals surface area contributed by atoms with Crippen LogP contribution in [0.1, 0.15) is 18.5 Å². The largest absolute Gasteiger partial charge is 0.481 e. The van der Waals surface area contributed by atoms with Crippen LogP contribution in [0.3, 0.4) is 0 Å². The second kappa shape index (κ2) is 7.03. The van der Waals surface area contributed by atoms with Gasteiger partial charge in [-0.25, -0.2) is 4.68 Å². The molecule has 0 saturated carbocycles. The summed E-state index contributed by atoms with van der Waals surface area (Å²) in [7, 11) is 1.74. The van der Waals surface area contributed by atoms with Gasteiger partial charge in [-0.3, -0.25) is 19.1 Å². The van der Waals surface area contributed by atoms with E-state index in [1.165, 1.54) is 4.68 Å². The standard InChI is InChI=1S/C19H21N3O4/c1-12-16(18(24)22(21(12)2)13-8-4-3-5-9-13)20-17(23)14-10-6-7-11-15(14)19(25)26/h3-9,14-15H,10-11H2,1-2H3,(H,20,23)(H,25,26)/t14-,15-/m0/s1. The highest BCUT2D eigenvalue weighted by Gasteiger charge is 2.34. The Morgan fingerprint density at radius 1 is 1.12 bits per heavy atom. The number of carbonyl (C=O) groups excluding carboxylic acids is 1. The number of carboxylic acids is 1. The highest BCUT2D eigenvalue weighted by atomic mass is 16.4. The summed E-state index contributed by atoms with van der Waals surface area (Å²) in [6.07, 6.45) is 4.25. The molecule has 2 aromatic rings. The summed E-state index contributed by atoms with van der Waals surface area (Å²) in [4.78, 5) is 36.9. The minimum atomic E-state index is -0.999. The summed E-state index contributed by atoms with van der Waals surface area (Å²) in [5.74, 6) is -2.91. The average molecular weight is 355 g/mol. The van der Waals surface area contributed by atoms with E-state index in [2.05, 4.69) is 5.32 Å². The van der Waals surface area contributed by atoms with Crippen molar-refractivity contribution in [1.82, 2.24) is 9.36 Å². The van der Waals surface area contributed by atoms with E-state index in [-0.39, 0.29) is 11.2 Å². The van der Waals surface area contributed by atoms with E-state index in [1.807, 2.05) is 24.3 Å². The number of rotatable bonds is 4. The lowest BCUT2D eigenvalue weighted by Gasteiger charge is -2.23. The molecular formula is C19H21N3O4. The van der Waals surface area contributed by atoms with Crippen LogP contribution in [0.5, 0.6) is 0 Å². The van der Waals surface area contributed by atoms with E-state index in [9.17, 15) is 19.5 Å². The van der Waals surface area contributed by atoms with Crippen molar-refractivity contribution < 1.29 is 14.7 Å². The Morgan fingerprint density at radius 2 is 1.73 bits per heavy atom. The maximum absolute atomic E-state index is 12.8. The van der Waals surface area contributed by atoms with Crippen molar-refractivity contribution in [3.63, 3.8) is 0 Å². The molecule has 1 aromatic heterocycles. The SMILES string of the molecule is Cc1c(NC(=O)[C@H]2CC=CC[C@@H]2C(=O)O)c(=O)n(-c2ccccc2)n1C. The quantitative estimate of drug-likeness (QED) is 0.821. The van der Waals surface area contributed by atoms with Crippen LogP contribution in [0.25, 0.3) is 5.69 Å². The van der Waals surface area contributed by atoms with Gasteiger partial charge in [0.15, 0.2) is 0 Å². The Hall–Kier alpha value is -3.09. The second-order valence-corrected chi connectivity index (χ2v) is 6.42. The average Bonchev–Trinajstić information content (AvgIpc) is 2.85. The van der Waals surface area contributed by atoms with Gasteiger partial charge < -0.3 is 10.4 Å². The second-order valence-electron chi connectivity index (χ2n) is 6.42. The number of carbonyl (C=O) groups is 2. The molecule has 1 aromatic carbocycles. The van der Waals surface area contributed by atoms with Crippen molar-refractivity contribution in [1.29, 1.82) is 0 Å². The Balaban J connectivity index is 1.94. The Bertz CT molecular complexity index is 924. The number of hydrogen-bond acceptors (Lipinski definition) is 3. The molecule has 0 spiro atoms. The fraction of sp³-hybridized carbons (Fsp3) is 0.316. The van der Waals surface area contributed by atoms with E-state index < -0.39 is 23.7 Å². The molecule has 1 amide bonds. The van der Waals surface area contributed by atoms with Crippen molar-refractivity contribution >= 4 is 17.6 Å². The van der Waals surface area contributed by atoms with Gasteiger partial charge in [0.25, 0.3) is 5.56 Å². The Morgan fingerprint density at radius 3 is 2.35 bits per heavy atom. The molecule has 0 saturated heterocycles. The normalized spacial score (nSPS) is 19.3. The van der Waals surface area contributed by atoms with E-state index in [0.717, 1.165) is 0 Å². The first-order chi connectivity index (χ1) is 12.4. The minimum Gasteiger partial charge on any atom is -0.481 e. The maximum atomic E-state index is 12.8. The number of anilines is 1. The summed E-state index contributed by atoms with van der Waals surface area (Å²) < 4.78 is 3.14. The molecule has 1 aliphatic rings. The fourth-order valence-corrected chi connectivity index (χ4v) is 3.31. The molecule has 0 aliphatic heterocycles. The third-order valence-corrected chi connectivity index (χ3v) is 4.89. The molecular weight excluding hydrogens is 334 g/mol. The van der Waals surface area contributed by atoms with Gasteiger partial charge in [0.1, 0.15) is 5.69 Å². The Labute approximate surface area is 150 Å². The fourth-order valence-electron chi connectivity index (χ4n) is 3.31. The number of para-hydroxylation sites is 1. The van der Waals surface area contributed by atoms with Crippen LogP contribution >= 0.6 is 0 Å². The zero-order valence-electron chi connectivity index (χ0n) is 14.7. The van der Waals surface area contributed by atoms with E-state index >= 15 is 0 Å². The molecule has 7 heteroatoms. The first kappa shape index (κ1) is 17.7. The van der Waals surface area contributed by atoms with Gasteiger partial charge in [-0.15, -0.1) is 0 Å². The maximum Gasteiger partial charge on any atom is 0.307 e. The highest BCUT2D eigenvalue weighted by molar-refractivity contribution is 5.95. The van der Waals surface area contributed by atoms with E-state index in [4.69, 9.17) is 0 Å². The molecule has 26 heavy (non-hydrogen) atoms. The number of aliphatic carboxylic acids is 1. The molecule has 1 aliphatic carbocycles. The van der Waals surface area contributed by atoms with Crippen LogP contribution < -0.4 is 10.9 Å². The van der Waals surface area contributed by atoms with Gasteiger partial charge >= 0.3 is 5.97 Å². The van der Waals surface area contributed by atoms with Crippen LogP contribution in [0.15, 0.2) is 47.3 Å². The van der Waals surface area contributed by atoms with E-state index in [0.29, 0.717) is 24.2 Å². The molecule has 0 fully saturated rings. The van der Waals surface area contributed by atoms with Gasteiger partial charge in [-0.05, 0) is 31.9 Å². The molecule has 0 unspecified atom stereocenters. The van der Waals surface area contributed by atoms with Crippen LogP contribution in [-0.4, -0.2) is 26.3 Å². The summed E-state index contributed by atoms with van der Waals surface area (Å²) in [6, 6.07) is 9.12. The third kappa shape index (κ3) is 3.08. The van der Waals surface area contributed by atoms with Gasteiger partial charge in [0, 0.05) is 7.05 Å². The van der Waals surface area contributed by atoms with Crippen molar-refractivity contribution in [2.75, 3.05) is 5.32 Å². The molecule has 1 heterocycles.